The number of hydrogen-bond acceptors (Lipinski definition) is 5. The maximum absolute atomic E-state index is 13.1. The number of hydrogen-bond donors (Lipinski definition) is 2. The number of anilines is 1. The molecule has 2 aromatic heterocycles. The molecule has 0 saturated heterocycles. The smallest absolute Gasteiger partial charge is 0.241 e. The average Bonchev–Trinajstić information content (AvgIpc) is 2.83. The van der Waals surface area contributed by atoms with Gasteiger partial charge in [0, 0.05) is 4.70 Å². The van der Waals surface area contributed by atoms with Gasteiger partial charge in [0.1, 0.15) is 5.82 Å². The molecule has 5 nitrogen and oxygen atoms in total. The van der Waals surface area contributed by atoms with Crippen LogP contribution in [0.25, 0.3) is 20.8 Å². The number of rotatable bonds is 1. The lowest BCUT2D eigenvalue weighted by atomic mass is 10.2. The van der Waals surface area contributed by atoms with Gasteiger partial charge in [-0.15, -0.1) is 21.5 Å². The molecule has 0 amide bonds. The first-order valence-electron chi connectivity index (χ1n) is 4.80. The predicted octanol–water partition coefficient (Wildman–Crippen LogP) is 1.59. The van der Waals surface area contributed by atoms with Crippen LogP contribution in [0.15, 0.2) is 24.3 Å². The van der Waals surface area contributed by atoms with Gasteiger partial charge in [0.15, 0.2) is 5.82 Å². The molecule has 3 rings (SSSR count). The fourth-order valence-electron chi connectivity index (χ4n) is 1.59. The van der Waals surface area contributed by atoms with Gasteiger partial charge in [-0.1, -0.05) is 6.07 Å². The fourth-order valence-corrected chi connectivity index (χ4v) is 2.66. The van der Waals surface area contributed by atoms with E-state index < -0.39 is 0 Å². The van der Waals surface area contributed by atoms with Gasteiger partial charge >= 0.3 is 0 Å². The molecule has 2 heterocycles. The standard InChI is InChI=1S/C10H8FN5S/c11-6-2-1-5-3-8(17-7(5)4-6)9-14-15-10(12)16(9)13/h1-4H,13H2,(H2,12,15). The summed E-state index contributed by atoms with van der Waals surface area (Å²) in [6.07, 6.45) is 0. The number of nitrogens with two attached hydrogens (primary N) is 2. The Morgan fingerprint density at radius 3 is 2.76 bits per heavy atom. The third-order valence-electron chi connectivity index (χ3n) is 2.42. The van der Waals surface area contributed by atoms with Crippen molar-refractivity contribution >= 4 is 27.4 Å². The van der Waals surface area contributed by atoms with E-state index in [1.165, 1.54) is 28.1 Å². The molecule has 0 saturated carbocycles. The van der Waals surface area contributed by atoms with Crippen LogP contribution >= 0.6 is 11.3 Å². The van der Waals surface area contributed by atoms with Gasteiger partial charge in [-0.2, -0.15) is 0 Å². The summed E-state index contributed by atoms with van der Waals surface area (Å²) in [5.74, 6) is 6.04. The van der Waals surface area contributed by atoms with Crippen molar-refractivity contribution in [1.29, 1.82) is 0 Å². The second-order valence-electron chi connectivity index (χ2n) is 3.54. The molecule has 3 aromatic rings. The number of thiophene rings is 1. The van der Waals surface area contributed by atoms with Crippen molar-refractivity contribution in [3.05, 3.63) is 30.1 Å². The van der Waals surface area contributed by atoms with E-state index in [0.717, 1.165) is 15.0 Å². The largest absolute Gasteiger partial charge is 0.366 e. The lowest BCUT2D eigenvalue weighted by Crippen LogP contribution is -2.12. The van der Waals surface area contributed by atoms with Crippen LogP contribution in [-0.4, -0.2) is 14.9 Å². The molecule has 0 bridgehead atoms. The summed E-state index contributed by atoms with van der Waals surface area (Å²) in [4.78, 5) is 0.803. The van der Waals surface area contributed by atoms with Gasteiger partial charge in [-0.3, -0.25) is 0 Å². The van der Waals surface area contributed by atoms with Gasteiger partial charge in [0.25, 0.3) is 0 Å². The minimum Gasteiger partial charge on any atom is -0.366 e. The first kappa shape index (κ1) is 10.0. The van der Waals surface area contributed by atoms with Crippen LogP contribution in [0.2, 0.25) is 0 Å². The van der Waals surface area contributed by atoms with Crippen molar-refractivity contribution in [2.45, 2.75) is 0 Å². The first-order chi connectivity index (χ1) is 8.15. The Kier molecular flexibility index (Phi) is 2.02. The lowest BCUT2D eigenvalue weighted by molar-refractivity contribution is 0.630. The number of aromatic nitrogens is 3. The third-order valence-corrected chi connectivity index (χ3v) is 3.52. The van der Waals surface area contributed by atoms with E-state index >= 15 is 0 Å². The van der Waals surface area contributed by atoms with Crippen molar-refractivity contribution in [3.63, 3.8) is 0 Å². The van der Waals surface area contributed by atoms with Crippen LogP contribution in [0.3, 0.4) is 0 Å². The highest BCUT2D eigenvalue weighted by atomic mass is 32.1. The van der Waals surface area contributed by atoms with Crippen LogP contribution in [0.4, 0.5) is 10.3 Å². The van der Waals surface area contributed by atoms with Crippen LogP contribution in [-0.2, 0) is 0 Å². The average molecular weight is 249 g/mol. The summed E-state index contributed by atoms with van der Waals surface area (Å²) in [6.45, 7) is 0. The highest BCUT2D eigenvalue weighted by molar-refractivity contribution is 7.22. The molecule has 0 fully saturated rings. The zero-order valence-electron chi connectivity index (χ0n) is 8.59. The Labute approximate surface area is 99.5 Å². The summed E-state index contributed by atoms with van der Waals surface area (Å²) in [7, 11) is 0. The van der Waals surface area contributed by atoms with E-state index in [2.05, 4.69) is 10.2 Å². The maximum Gasteiger partial charge on any atom is 0.241 e. The zero-order valence-corrected chi connectivity index (χ0v) is 9.41. The molecule has 7 heteroatoms. The quantitative estimate of drug-likeness (QED) is 0.642. The Bertz CT molecular complexity index is 702. The number of nitrogen functional groups attached to an aromatic ring is 2. The summed E-state index contributed by atoms with van der Waals surface area (Å²) in [6, 6.07) is 6.49. The van der Waals surface area contributed by atoms with Gasteiger partial charge in [0.05, 0.1) is 4.88 Å². The number of halogens is 1. The SMILES string of the molecule is Nc1nnc(-c2cc3ccc(F)cc3s2)n1N. The number of benzene rings is 1. The van der Waals surface area contributed by atoms with Gasteiger partial charge in [0.2, 0.25) is 5.95 Å². The van der Waals surface area contributed by atoms with Gasteiger partial charge in [-0.05, 0) is 23.6 Å². The van der Waals surface area contributed by atoms with Crippen molar-refractivity contribution < 1.29 is 4.39 Å². The normalized spacial score (nSPS) is 11.1. The van der Waals surface area contributed by atoms with Crippen molar-refractivity contribution in [3.8, 4) is 10.7 Å². The number of nitrogens with zero attached hydrogens (tertiary/aromatic N) is 3. The first-order valence-corrected chi connectivity index (χ1v) is 5.62. The molecule has 0 aliphatic carbocycles. The Morgan fingerprint density at radius 2 is 2.06 bits per heavy atom. The molecular weight excluding hydrogens is 241 g/mol. The fraction of sp³-hybridized carbons (Fsp3) is 0. The molecular formula is C10H8FN5S. The molecule has 0 aliphatic heterocycles. The van der Waals surface area contributed by atoms with E-state index in [1.807, 2.05) is 6.07 Å². The number of fused-ring (bicyclic) bond motifs is 1. The van der Waals surface area contributed by atoms with Crippen molar-refractivity contribution in [2.24, 2.45) is 0 Å². The van der Waals surface area contributed by atoms with E-state index in [-0.39, 0.29) is 11.8 Å². The van der Waals surface area contributed by atoms with Crippen LogP contribution in [0, 0.1) is 5.82 Å². The molecule has 0 atom stereocenters. The minimum absolute atomic E-state index is 0.142. The van der Waals surface area contributed by atoms with Crippen LogP contribution in [0.1, 0.15) is 0 Å². The molecule has 0 spiro atoms. The monoisotopic (exact) mass is 249 g/mol. The topological polar surface area (TPSA) is 82.8 Å². The van der Waals surface area contributed by atoms with E-state index in [1.54, 1.807) is 6.07 Å². The summed E-state index contributed by atoms with van der Waals surface area (Å²) in [5, 5.41) is 8.50. The molecule has 0 aliphatic rings. The summed E-state index contributed by atoms with van der Waals surface area (Å²) < 4.78 is 15.1. The molecule has 4 N–H and O–H groups in total. The highest BCUT2D eigenvalue weighted by Gasteiger charge is 2.12. The maximum atomic E-state index is 13.1. The molecule has 86 valence electrons. The zero-order chi connectivity index (χ0) is 12.0. The summed E-state index contributed by atoms with van der Waals surface area (Å²) >= 11 is 1.39. The Hall–Kier alpha value is -2.15. The van der Waals surface area contributed by atoms with Crippen LogP contribution < -0.4 is 11.6 Å². The summed E-state index contributed by atoms with van der Waals surface area (Å²) in [5.41, 5.74) is 5.51. The van der Waals surface area contributed by atoms with Gasteiger partial charge < -0.3 is 11.6 Å². The molecule has 17 heavy (non-hydrogen) atoms. The lowest BCUT2D eigenvalue weighted by Gasteiger charge is -1.96. The van der Waals surface area contributed by atoms with E-state index in [0.29, 0.717) is 5.82 Å². The van der Waals surface area contributed by atoms with E-state index in [9.17, 15) is 4.39 Å². The van der Waals surface area contributed by atoms with Crippen molar-refractivity contribution in [2.75, 3.05) is 11.6 Å². The molecule has 1 aromatic carbocycles. The second-order valence-corrected chi connectivity index (χ2v) is 4.63. The van der Waals surface area contributed by atoms with Gasteiger partial charge in [-0.25, -0.2) is 9.07 Å². The predicted molar refractivity (Wildman–Crippen MR) is 65.4 cm³/mol. The second kappa shape index (κ2) is 3.42. The van der Waals surface area contributed by atoms with E-state index in [4.69, 9.17) is 11.6 Å². The van der Waals surface area contributed by atoms with Crippen LogP contribution in [0.5, 0.6) is 0 Å². The van der Waals surface area contributed by atoms with Crippen molar-refractivity contribution in [1.82, 2.24) is 14.9 Å². The Balaban J connectivity index is 2.21. The molecule has 0 unspecified atom stereocenters. The Morgan fingerprint density at radius 1 is 1.24 bits per heavy atom. The minimum atomic E-state index is -0.264. The molecule has 0 radical (unpaired) electrons. The highest BCUT2D eigenvalue weighted by Crippen LogP contribution is 2.32. The third kappa shape index (κ3) is 1.51.